The van der Waals surface area contributed by atoms with Crippen molar-refractivity contribution in [2.75, 3.05) is 6.61 Å². The minimum Gasteiger partial charge on any atom is -0.461 e. The van der Waals surface area contributed by atoms with E-state index in [0.717, 1.165) is 19.3 Å². The molecule has 1 aliphatic rings. The highest BCUT2D eigenvalue weighted by molar-refractivity contribution is 6.30. The first-order chi connectivity index (χ1) is 13.0. The number of carbonyl (C=O) groups is 1. The van der Waals surface area contributed by atoms with Gasteiger partial charge in [0.15, 0.2) is 5.69 Å². The van der Waals surface area contributed by atoms with Crippen molar-refractivity contribution in [2.24, 2.45) is 0 Å². The van der Waals surface area contributed by atoms with Gasteiger partial charge in [0.05, 0.1) is 23.5 Å². The lowest BCUT2D eigenvalue weighted by Crippen LogP contribution is -2.18. The number of H-pyrrole nitrogens is 1. The van der Waals surface area contributed by atoms with Gasteiger partial charge in [0.1, 0.15) is 11.3 Å². The van der Waals surface area contributed by atoms with Gasteiger partial charge >= 0.3 is 5.97 Å². The fourth-order valence-corrected chi connectivity index (χ4v) is 3.46. The van der Waals surface area contributed by atoms with Crippen molar-refractivity contribution >= 4 is 23.1 Å². The molecule has 0 bridgehead atoms. The maximum atomic E-state index is 13.8. The van der Waals surface area contributed by atoms with Crippen LogP contribution in [0, 0.1) is 5.82 Å². The minimum absolute atomic E-state index is 0.00173. The number of carbonyl (C=O) groups excluding carboxylic acids is 1. The van der Waals surface area contributed by atoms with Gasteiger partial charge in [0, 0.05) is 11.1 Å². The average Bonchev–Trinajstić information content (AvgIpc) is 2.96. The van der Waals surface area contributed by atoms with Crippen LogP contribution in [-0.2, 0) is 4.74 Å². The number of fused-ring (bicyclic) bond motifs is 1. The number of hydrogen-bond donors (Lipinski definition) is 1. The number of rotatable bonds is 4. The molecule has 4 rings (SSSR count). The molecule has 1 N–H and O–H groups in total. The zero-order chi connectivity index (χ0) is 19.1. The third-order valence-corrected chi connectivity index (χ3v) is 5.18. The molecule has 1 saturated carbocycles. The van der Waals surface area contributed by atoms with Crippen molar-refractivity contribution in [1.82, 2.24) is 14.6 Å². The molecule has 1 fully saturated rings. The van der Waals surface area contributed by atoms with Crippen LogP contribution in [-0.4, -0.2) is 27.2 Å². The van der Waals surface area contributed by atoms with Gasteiger partial charge in [0.2, 0.25) is 0 Å². The van der Waals surface area contributed by atoms with E-state index in [4.69, 9.17) is 16.3 Å². The number of aromatic amines is 1. The van der Waals surface area contributed by atoms with Crippen LogP contribution in [0.4, 0.5) is 4.39 Å². The zero-order valence-electron chi connectivity index (χ0n) is 14.6. The van der Waals surface area contributed by atoms with Crippen molar-refractivity contribution < 1.29 is 13.9 Å². The standard InChI is InChI=1S/C19H17ClFN3O3/c1-2-27-19(26)16-15(10-4-3-5-10)17-18(25)22-14(9-24(17)23-16)11-6-7-12(20)13(21)8-11/h6-10H,2-5H2,1H3,(H,22,25). The van der Waals surface area contributed by atoms with Gasteiger partial charge in [-0.3, -0.25) is 4.79 Å². The number of hydrogen-bond acceptors (Lipinski definition) is 4. The van der Waals surface area contributed by atoms with Gasteiger partial charge < -0.3 is 9.72 Å². The Hall–Kier alpha value is -2.67. The average molecular weight is 390 g/mol. The molecule has 0 aliphatic heterocycles. The van der Waals surface area contributed by atoms with Gasteiger partial charge in [-0.05, 0) is 37.8 Å². The van der Waals surface area contributed by atoms with E-state index in [2.05, 4.69) is 10.1 Å². The Morgan fingerprint density at radius 1 is 1.44 bits per heavy atom. The number of aromatic nitrogens is 3. The molecule has 6 nitrogen and oxygen atoms in total. The molecule has 2 aromatic heterocycles. The number of ether oxygens (including phenoxy) is 1. The molecule has 0 saturated heterocycles. The van der Waals surface area contributed by atoms with E-state index in [9.17, 15) is 14.0 Å². The summed E-state index contributed by atoms with van der Waals surface area (Å²) in [5.41, 5.74) is 1.59. The topological polar surface area (TPSA) is 76.5 Å². The predicted molar refractivity (Wildman–Crippen MR) is 98.8 cm³/mol. The quantitative estimate of drug-likeness (QED) is 0.686. The normalized spacial score (nSPS) is 14.3. The molecule has 140 valence electrons. The van der Waals surface area contributed by atoms with Crippen LogP contribution < -0.4 is 5.56 Å². The highest BCUT2D eigenvalue weighted by atomic mass is 35.5. The van der Waals surface area contributed by atoms with Crippen molar-refractivity contribution in [3.8, 4) is 11.3 Å². The Labute approximate surface area is 158 Å². The summed E-state index contributed by atoms with van der Waals surface area (Å²) in [6.45, 7) is 1.94. The van der Waals surface area contributed by atoms with Gasteiger partial charge in [-0.2, -0.15) is 5.10 Å². The number of esters is 1. The second-order valence-electron chi connectivity index (χ2n) is 6.53. The molecule has 8 heteroatoms. The van der Waals surface area contributed by atoms with Gasteiger partial charge in [-0.25, -0.2) is 13.7 Å². The van der Waals surface area contributed by atoms with Crippen LogP contribution in [0.1, 0.15) is 48.2 Å². The van der Waals surface area contributed by atoms with Crippen LogP contribution >= 0.6 is 11.6 Å². The van der Waals surface area contributed by atoms with E-state index in [0.29, 0.717) is 22.3 Å². The van der Waals surface area contributed by atoms with Crippen molar-refractivity contribution in [1.29, 1.82) is 0 Å². The van der Waals surface area contributed by atoms with E-state index in [-0.39, 0.29) is 28.8 Å². The SMILES string of the molecule is CCOC(=O)c1nn2cc(-c3ccc(Cl)c(F)c3)[nH]c(=O)c2c1C1CCC1. The summed E-state index contributed by atoms with van der Waals surface area (Å²) in [5.74, 6) is -1.01. The largest absolute Gasteiger partial charge is 0.461 e. The molecule has 0 amide bonds. The van der Waals surface area contributed by atoms with Crippen LogP contribution in [0.5, 0.6) is 0 Å². The summed E-state index contributed by atoms with van der Waals surface area (Å²) in [7, 11) is 0. The molecule has 0 spiro atoms. The van der Waals surface area contributed by atoms with Crippen molar-refractivity contribution in [3.63, 3.8) is 0 Å². The molecule has 0 unspecified atom stereocenters. The predicted octanol–water partition coefficient (Wildman–Crippen LogP) is 3.93. The summed E-state index contributed by atoms with van der Waals surface area (Å²) in [5, 5.41) is 4.32. The van der Waals surface area contributed by atoms with E-state index in [1.54, 1.807) is 19.2 Å². The lowest BCUT2D eigenvalue weighted by atomic mass is 9.79. The third kappa shape index (κ3) is 3.02. The molecule has 2 heterocycles. The molecule has 1 aliphatic carbocycles. The van der Waals surface area contributed by atoms with Crippen LogP contribution in [0.25, 0.3) is 16.8 Å². The monoisotopic (exact) mass is 389 g/mol. The number of nitrogens with zero attached hydrogens (tertiary/aromatic N) is 2. The number of nitrogens with one attached hydrogen (secondary N) is 1. The molecule has 1 aromatic carbocycles. The molecule has 27 heavy (non-hydrogen) atoms. The number of benzene rings is 1. The Morgan fingerprint density at radius 2 is 2.22 bits per heavy atom. The Bertz CT molecular complexity index is 1100. The third-order valence-electron chi connectivity index (χ3n) is 4.87. The van der Waals surface area contributed by atoms with E-state index in [1.165, 1.54) is 16.6 Å². The van der Waals surface area contributed by atoms with Crippen molar-refractivity contribution in [2.45, 2.75) is 32.1 Å². The first-order valence-corrected chi connectivity index (χ1v) is 9.15. The molecular weight excluding hydrogens is 373 g/mol. The van der Waals surface area contributed by atoms with E-state index < -0.39 is 11.8 Å². The molecule has 3 aromatic rings. The fourth-order valence-electron chi connectivity index (χ4n) is 3.35. The zero-order valence-corrected chi connectivity index (χ0v) is 15.3. The maximum Gasteiger partial charge on any atom is 0.359 e. The summed E-state index contributed by atoms with van der Waals surface area (Å²) in [6.07, 6.45) is 4.42. The van der Waals surface area contributed by atoms with E-state index >= 15 is 0 Å². The molecular formula is C19H17ClFN3O3. The first-order valence-electron chi connectivity index (χ1n) is 8.77. The minimum atomic E-state index is -0.585. The first kappa shape index (κ1) is 17.7. The Balaban J connectivity index is 1.91. The summed E-state index contributed by atoms with van der Waals surface area (Å²) < 4.78 is 20.3. The van der Waals surface area contributed by atoms with Gasteiger partial charge in [0.25, 0.3) is 5.56 Å². The summed E-state index contributed by atoms with van der Waals surface area (Å²) >= 11 is 5.72. The van der Waals surface area contributed by atoms with Gasteiger partial charge in [-0.15, -0.1) is 0 Å². The van der Waals surface area contributed by atoms with Crippen LogP contribution in [0.2, 0.25) is 5.02 Å². The lowest BCUT2D eigenvalue weighted by Gasteiger charge is -2.25. The smallest absolute Gasteiger partial charge is 0.359 e. The lowest BCUT2D eigenvalue weighted by molar-refractivity contribution is 0.0516. The van der Waals surface area contributed by atoms with Crippen molar-refractivity contribution in [3.05, 3.63) is 56.8 Å². The second-order valence-corrected chi connectivity index (χ2v) is 6.94. The fraction of sp³-hybridized carbons (Fsp3) is 0.316. The van der Waals surface area contributed by atoms with E-state index in [1.807, 2.05) is 0 Å². The highest BCUT2D eigenvalue weighted by Crippen LogP contribution is 2.39. The Kier molecular flexibility index (Phi) is 4.47. The molecule has 0 radical (unpaired) electrons. The summed E-state index contributed by atoms with van der Waals surface area (Å²) in [6, 6.07) is 4.26. The van der Waals surface area contributed by atoms with Gasteiger partial charge in [-0.1, -0.05) is 24.1 Å². The highest BCUT2D eigenvalue weighted by Gasteiger charge is 2.32. The Morgan fingerprint density at radius 3 is 2.85 bits per heavy atom. The maximum absolute atomic E-state index is 13.8. The molecule has 0 atom stereocenters. The van der Waals surface area contributed by atoms with Crippen LogP contribution in [0.15, 0.2) is 29.2 Å². The summed E-state index contributed by atoms with van der Waals surface area (Å²) in [4.78, 5) is 27.9. The number of halogens is 2. The van der Waals surface area contributed by atoms with Crippen LogP contribution in [0.3, 0.4) is 0 Å². The second kappa shape index (κ2) is 6.81.